The van der Waals surface area contributed by atoms with Crippen molar-refractivity contribution < 1.29 is 18.0 Å². The molecule has 94 valence electrons. The highest BCUT2D eigenvalue weighted by Gasteiger charge is 2.19. The summed E-state index contributed by atoms with van der Waals surface area (Å²) in [4.78, 5) is 11.7. The van der Waals surface area contributed by atoms with Crippen LogP contribution >= 0.6 is 0 Å². The van der Waals surface area contributed by atoms with Crippen molar-refractivity contribution in [1.82, 2.24) is 10.2 Å². The Morgan fingerprint density at radius 1 is 1.28 bits per heavy atom. The Balaban J connectivity index is 2.33. The molecule has 0 atom stereocenters. The molecule has 2 aromatic rings. The molecule has 0 bridgehead atoms. The molecule has 0 spiro atoms. The van der Waals surface area contributed by atoms with Crippen molar-refractivity contribution in [3.05, 3.63) is 46.9 Å². The normalized spacial score (nSPS) is 10.4. The van der Waals surface area contributed by atoms with Gasteiger partial charge in [-0.3, -0.25) is 9.89 Å². The van der Waals surface area contributed by atoms with Gasteiger partial charge in [0.15, 0.2) is 0 Å². The van der Waals surface area contributed by atoms with Gasteiger partial charge in [0.2, 0.25) is 0 Å². The Bertz CT molecular complexity index is 586. The van der Waals surface area contributed by atoms with Crippen molar-refractivity contribution in [2.24, 2.45) is 0 Å². The highest BCUT2D eigenvalue weighted by atomic mass is 19.1. The third kappa shape index (κ3) is 2.20. The van der Waals surface area contributed by atoms with Gasteiger partial charge in [0.1, 0.15) is 28.8 Å². The van der Waals surface area contributed by atoms with Gasteiger partial charge >= 0.3 is 0 Å². The number of benzene rings is 1. The Hall–Kier alpha value is -2.31. The maximum absolute atomic E-state index is 13.3. The van der Waals surface area contributed by atoms with Gasteiger partial charge in [-0.15, -0.1) is 0 Å². The van der Waals surface area contributed by atoms with Crippen molar-refractivity contribution >= 4 is 11.7 Å². The van der Waals surface area contributed by atoms with E-state index in [1.54, 1.807) is 6.92 Å². The lowest BCUT2D eigenvalue weighted by Gasteiger charge is -2.06. The molecule has 1 amide bonds. The van der Waals surface area contributed by atoms with Gasteiger partial charge in [-0.25, -0.2) is 13.2 Å². The molecule has 4 nitrogen and oxygen atoms in total. The van der Waals surface area contributed by atoms with Crippen LogP contribution in [-0.4, -0.2) is 16.1 Å². The number of carbonyl (C=O) groups is 1. The van der Waals surface area contributed by atoms with E-state index in [1.165, 1.54) is 6.20 Å². The van der Waals surface area contributed by atoms with Gasteiger partial charge in [0.25, 0.3) is 5.91 Å². The largest absolute Gasteiger partial charge is 0.307 e. The Morgan fingerprint density at radius 2 is 1.89 bits per heavy atom. The number of H-pyrrole nitrogens is 1. The maximum atomic E-state index is 13.3. The van der Waals surface area contributed by atoms with Crippen molar-refractivity contribution in [2.45, 2.75) is 6.92 Å². The van der Waals surface area contributed by atoms with E-state index in [0.717, 1.165) is 0 Å². The molecule has 0 aliphatic carbocycles. The third-order valence-corrected chi connectivity index (χ3v) is 2.30. The number of nitrogens with zero attached hydrogens (tertiary/aromatic N) is 1. The molecule has 0 radical (unpaired) electrons. The molecule has 0 aliphatic rings. The van der Waals surface area contributed by atoms with E-state index in [1.807, 2.05) is 0 Å². The van der Waals surface area contributed by atoms with E-state index in [9.17, 15) is 18.0 Å². The highest BCUT2D eigenvalue weighted by molar-refractivity contribution is 6.04. The Morgan fingerprint density at radius 3 is 2.39 bits per heavy atom. The third-order valence-electron chi connectivity index (χ3n) is 2.30. The quantitative estimate of drug-likeness (QED) is 0.865. The number of halogens is 3. The number of hydrogen-bond donors (Lipinski definition) is 2. The first kappa shape index (κ1) is 12.2. The molecule has 1 aromatic heterocycles. The first-order chi connectivity index (χ1) is 8.49. The van der Waals surface area contributed by atoms with Crippen LogP contribution in [-0.2, 0) is 0 Å². The van der Waals surface area contributed by atoms with E-state index < -0.39 is 28.9 Å². The minimum atomic E-state index is -1.26. The van der Waals surface area contributed by atoms with Crippen LogP contribution in [0.3, 0.4) is 0 Å². The second-order valence-electron chi connectivity index (χ2n) is 3.63. The standard InChI is InChI=1S/C11H8F3N3O/c1-5-4-15-17-10(5)16-11(18)9-7(13)2-6(12)3-8(9)14/h2-4H,1H3,(H2,15,16,17,18). The zero-order valence-electron chi connectivity index (χ0n) is 9.22. The van der Waals surface area contributed by atoms with E-state index in [-0.39, 0.29) is 5.82 Å². The smallest absolute Gasteiger partial charge is 0.262 e. The fourth-order valence-electron chi connectivity index (χ4n) is 1.41. The molecule has 7 heteroatoms. The number of hydrogen-bond acceptors (Lipinski definition) is 2. The molecule has 0 saturated heterocycles. The summed E-state index contributed by atoms with van der Waals surface area (Å²) < 4.78 is 39.3. The number of rotatable bonds is 2. The summed E-state index contributed by atoms with van der Waals surface area (Å²) in [5.74, 6) is -4.40. The second-order valence-corrected chi connectivity index (χ2v) is 3.63. The predicted octanol–water partition coefficient (Wildman–Crippen LogP) is 2.39. The summed E-state index contributed by atoms with van der Waals surface area (Å²) in [5.41, 5.74) is -0.239. The SMILES string of the molecule is Cc1cn[nH]c1NC(=O)c1c(F)cc(F)cc1F. The van der Waals surface area contributed by atoms with Crippen LogP contribution in [0.25, 0.3) is 0 Å². The summed E-state index contributed by atoms with van der Waals surface area (Å²) in [6.07, 6.45) is 1.44. The van der Waals surface area contributed by atoms with E-state index in [4.69, 9.17) is 0 Å². The molecule has 0 fully saturated rings. The molecule has 1 aromatic carbocycles. The minimum Gasteiger partial charge on any atom is -0.307 e. The van der Waals surface area contributed by atoms with Crippen molar-refractivity contribution in [3.63, 3.8) is 0 Å². The lowest BCUT2D eigenvalue weighted by molar-refractivity contribution is 0.101. The molecule has 2 rings (SSSR count). The maximum Gasteiger partial charge on any atom is 0.262 e. The van der Waals surface area contributed by atoms with Crippen molar-refractivity contribution in [1.29, 1.82) is 0 Å². The van der Waals surface area contributed by atoms with Gasteiger partial charge < -0.3 is 5.32 Å². The highest BCUT2D eigenvalue weighted by Crippen LogP contribution is 2.17. The zero-order valence-corrected chi connectivity index (χ0v) is 9.22. The number of nitrogens with one attached hydrogen (secondary N) is 2. The molecule has 0 aliphatic heterocycles. The van der Waals surface area contributed by atoms with Crippen LogP contribution in [0.1, 0.15) is 15.9 Å². The fraction of sp³-hybridized carbons (Fsp3) is 0.0909. The second kappa shape index (κ2) is 4.52. The average Bonchev–Trinajstić information content (AvgIpc) is 2.62. The number of aromatic nitrogens is 2. The molecule has 2 N–H and O–H groups in total. The summed E-state index contributed by atoms with van der Waals surface area (Å²) in [6.45, 7) is 1.65. The topological polar surface area (TPSA) is 57.8 Å². The van der Waals surface area contributed by atoms with E-state index >= 15 is 0 Å². The summed E-state index contributed by atoms with van der Waals surface area (Å²) >= 11 is 0. The minimum absolute atomic E-state index is 0.225. The van der Waals surface area contributed by atoms with Gasteiger partial charge in [0.05, 0.1) is 6.20 Å². The summed E-state index contributed by atoms with van der Waals surface area (Å²) in [6, 6.07) is 0.885. The van der Waals surface area contributed by atoms with Gasteiger partial charge in [-0.1, -0.05) is 0 Å². The molecule has 0 unspecified atom stereocenters. The molecular weight excluding hydrogens is 247 g/mol. The first-order valence-electron chi connectivity index (χ1n) is 4.95. The lowest BCUT2D eigenvalue weighted by Crippen LogP contribution is -2.17. The van der Waals surface area contributed by atoms with E-state index in [0.29, 0.717) is 17.7 Å². The molecule has 1 heterocycles. The van der Waals surface area contributed by atoms with Crippen LogP contribution in [0, 0.1) is 24.4 Å². The first-order valence-corrected chi connectivity index (χ1v) is 4.95. The van der Waals surface area contributed by atoms with Crippen LogP contribution in [0.4, 0.5) is 19.0 Å². The average molecular weight is 255 g/mol. The van der Waals surface area contributed by atoms with Crippen molar-refractivity contribution in [2.75, 3.05) is 5.32 Å². The Kier molecular flexibility index (Phi) is 3.05. The van der Waals surface area contributed by atoms with Crippen LogP contribution < -0.4 is 5.32 Å². The van der Waals surface area contributed by atoms with Crippen LogP contribution in [0.5, 0.6) is 0 Å². The lowest BCUT2D eigenvalue weighted by atomic mass is 10.1. The number of aryl methyl sites for hydroxylation is 1. The number of aromatic amines is 1. The van der Waals surface area contributed by atoms with Crippen LogP contribution in [0.2, 0.25) is 0 Å². The number of carbonyl (C=O) groups excluding carboxylic acids is 1. The van der Waals surface area contributed by atoms with Gasteiger partial charge in [-0.05, 0) is 6.92 Å². The predicted molar refractivity (Wildman–Crippen MR) is 57.6 cm³/mol. The molecule has 0 saturated carbocycles. The zero-order chi connectivity index (χ0) is 13.3. The Labute approximate surface area is 99.8 Å². The van der Waals surface area contributed by atoms with Gasteiger partial charge in [-0.2, -0.15) is 5.10 Å². The summed E-state index contributed by atoms with van der Waals surface area (Å²) in [7, 11) is 0. The van der Waals surface area contributed by atoms with Gasteiger partial charge in [0, 0.05) is 17.7 Å². The van der Waals surface area contributed by atoms with Crippen molar-refractivity contribution in [3.8, 4) is 0 Å². The van der Waals surface area contributed by atoms with Crippen LogP contribution in [0.15, 0.2) is 18.3 Å². The molecule has 18 heavy (non-hydrogen) atoms. The fourth-order valence-corrected chi connectivity index (χ4v) is 1.41. The number of amides is 1. The monoisotopic (exact) mass is 255 g/mol. The summed E-state index contributed by atoms with van der Waals surface area (Å²) in [5, 5.41) is 8.34. The van der Waals surface area contributed by atoms with E-state index in [2.05, 4.69) is 15.5 Å². The molecular formula is C11H8F3N3O. The number of anilines is 1.